The number of hydrogen-bond donors (Lipinski definition) is 3. The predicted octanol–water partition coefficient (Wildman–Crippen LogP) is 3.85. The summed E-state index contributed by atoms with van der Waals surface area (Å²) >= 11 is 0. The van der Waals surface area contributed by atoms with Gasteiger partial charge in [0.15, 0.2) is 11.6 Å². The van der Waals surface area contributed by atoms with Crippen LogP contribution in [0.25, 0.3) is 0 Å². The Morgan fingerprint density at radius 3 is 2.42 bits per heavy atom. The Balaban J connectivity index is 1.69. The topological polar surface area (TPSA) is 121 Å². The molecule has 0 aromatic heterocycles. The van der Waals surface area contributed by atoms with Crippen molar-refractivity contribution < 1.29 is 24.0 Å². The van der Waals surface area contributed by atoms with Crippen LogP contribution in [0.15, 0.2) is 30.3 Å². The second-order valence-corrected chi connectivity index (χ2v) is 11.6. The van der Waals surface area contributed by atoms with Gasteiger partial charge in [-0.2, -0.15) is 0 Å². The van der Waals surface area contributed by atoms with Crippen LogP contribution in [0.3, 0.4) is 0 Å². The van der Waals surface area contributed by atoms with Gasteiger partial charge in [0.2, 0.25) is 11.8 Å². The SMILES string of the molecule is CC(=O)N[C@@H](CCCc1ccccc1)C(=O)C[C@H]1CCCCC(=O)CCNCC(=O)[C@H](CC2CCCC2)NC1=O. The monoisotopic (exact) mass is 553 g/mol. The molecule has 2 amide bonds. The fourth-order valence-corrected chi connectivity index (χ4v) is 5.97. The molecule has 1 saturated carbocycles. The molecule has 2 fully saturated rings. The van der Waals surface area contributed by atoms with Crippen molar-refractivity contribution in [1.29, 1.82) is 0 Å². The van der Waals surface area contributed by atoms with E-state index in [1.807, 2.05) is 30.3 Å². The van der Waals surface area contributed by atoms with E-state index in [9.17, 15) is 24.0 Å². The van der Waals surface area contributed by atoms with Gasteiger partial charge in [0, 0.05) is 38.6 Å². The molecule has 1 aliphatic heterocycles. The summed E-state index contributed by atoms with van der Waals surface area (Å²) in [5.41, 5.74) is 1.17. The predicted molar refractivity (Wildman–Crippen MR) is 155 cm³/mol. The number of hydrogen-bond acceptors (Lipinski definition) is 6. The van der Waals surface area contributed by atoms with E-state index in [-0.39, 0.29) is 42.1 Å². The molecule has 1 saturated heterocycles. The molecule has 1 aromatic carbocycles. The Morgan fingerprint density at radius 2 is 1.70 bits per heavy atom. The Kier molecular flexibility index (Phi) is 13.5. The molecule has 1 aromatic rings. The molecule has 0 bridgehead atoms. The minimum atomic E-state index is -0.663. The molecule has 40 heavy (non-hydrogen) atoms. The van der Waals surface area contributed by atoms with Crippen molar-refractivity contribution in [3.63, 3.8) is 0 Å². The minimum absolute atomic E-state index is 0.00134. The van der Waals surface area contributed by atoms with Crippen molar-refractivity contribution in [3.05, 3.63) is 35.9 Å². The van der Waals surface area contributed by atoms with Crippen LogP contribution < -0.4 is 16.0 Å². The molecule has 1 aliphatic carbocycles. The summed E-state index contributed by atoms with van der Waals surface area (Å²) in [7, 11) is 0. The van der Waals surface area contributed by atoms with Gasteiger partial charge in [-0.1, -0.05) is 62.4 Å². The highest BCUT2D eigenvalue weighted by Crippen LogP contribution is 2.29. The zero-order valence-electron chi connectivity index (χ0n) is 24.1. The lowest BCUT2D eigenvalue weighted by molar-refractivity contribution is -0.134. The molecule has 1 heterocycles. The number of aryl methyl sites for hydroxylation is 1. The molecule has 0 unspecified atom stereocenters. The van der Waals surface area contributed by atoms with E-state index in [1.165, 1.54) is 12.5 Å². The number of benzene rings is 1. The number of carbonyl (C=O) groups is 5. The van der Waals surface area contributed by atoms with Crippen molar-refractivity contribution >= 4 is 29.2 Å². The van der Waals surface area contributed by atoms with Crippen molar-refractivity contribution in [3.8, 4) is 0 Å². The maximum absolute atomic E-state index is 13.6. The lowest BCUT2D eigenvalue weighted by Gasteiger charge is -2.25. The van der Waals surface area contributed by atoms with Gasteiger partial charge in [-0.25, -0.2) is 0 Å². The standard InChI is InChI=1S/C32H47N3O5/c1-23(36)34-28(17-9-14-24-10-3-2-4-11-24)30(38)21-26-15-7-8-16-27(37)18-19-33-22-31(39)29(35-32(26)40)20-25-12-5-6-13-25/h2-4,10-11,25-26,28-29,33H,5-9,12-22H2,1H3,(H,34,36)(H,35,40)/t26-,28+,29+/m1/s1. The zero-order valence-corrected chi connectivity index (χ0v) is 24.1. The highest BCUT2D eigenvalue weighted by atomic mass is 16.2. The largest absolute Gasteiger partial charge is 0.347 e. The maximum Gasteiger partial charge on any atom is 0.224 e. The van der Waals surface area contributed by atoms with Crippen molar-refractivity contribution in [2.45, 2.75) is 109 Å². The van der Waals surface area contributed by atoms with Gasteiger partial charge < -0.3 is 16.0 Å². The molecule has 3 rings (SSSR count). The van der Waals surface area contributed by atoms with Crippen LogP contribution >= 0.6 is 0 Å². The fourth-order valence-electron chi connectivity index (χ4n) is 5.97. The van der Waals surface area contributed by atoms with Crippen molar-refractivity contribution in [2.75, 3.05) is 13.1 Å². The smallest absolute Gasteiger partial charge is 0.224 e. The summed E-state index contributed by atoms with van der Waals surface area (Å²) in [5.74, 6) is -0.861. The van der Waals surface area contributed by atoms with Gasteiger partial charge >= 0.3 is 0 Å². The van der Waals surface area contributed by atoms with Crippen LogP contribution in [0, 0.1) is 11.8 Å². The number of nitrogens with one attached hydrogen (secondary N) is 3. The number of ketones is 3. The highest BCUT2D eigenvalue weighted by molar-refractivity contribution is 5.94. The van der Waals surface area contributed by atoms with Crippen LogP contribution in [0.2, 0.25) is 0 Å². The Labute approximate surface area is 238 Å². The van der Waals surface area contributed by atoms with E-state index in [4.69, 9.17) is 0 Å². The van der Waals surface area contributed by atoms with Crippen LogP contribution in [0.1, 0.15) is 96.0 Å². The van der Waals surface area contributed by atoms with E-state index in [2.05, 4.69) is 16.0 Å². The number of carbonyl (C=O) groups excluding carboxylic acids is 5. The lowest BCUT2D eigenvalue weighted by Crippen LogP contribution is -2.48. The quantitative estimate of drug-likeness (QED) is 0.405. The van der Waals surface area contributed by atoms with Gasteiger partial charge in [0.1, 0.15) is 5.78 Å². The third kappa shape index (κ3) is 11.3. The van der Waals surface area contributed by atoms with Gasteiger partial charge in [0.05, 0.1) is 18.6 Å². The third-order valence-corrected chi connectivity index (χ3v) is 8.27. The first kappa shape index (κ1) is 31.7. The minimum Gasteiger partial charge on any atom is -0.347 e. The van der Waals surface area contributed by atoms with Crippen LogP contribution in [0.4, 0.5) is 0 Å². The molecule has 0 radical (unpaired) electrons. The Hall–Kier alpha value is -2.87. The first-order valence-electron chi connectivity index (χ1n) is 15.2. The maximum atomic E-state index is 13.6. The molecule has 0 spiro atoms. The average molecular weight is 554 g/mol. The first-order chi connectivity index (χ1) is 19.3. The summed E-state index contributed by atoms with van der Waals surface area (Å²) in [6, 6.07) is 8.73. The zero-order chi connectivity index (χ0) is 28.7. The summed E-state index contributed by atoms with van der Waals surface area (Å²) < 4.78 is 0. The Bertz CT molecular complexity index is 990. The van der Waals surface area contributed by atoms with Crippen molar-refractivity contribution in [1.82, 2.24) is 16.0 Å². The molecule has 220 valence electrons. The Morgan fingerprint density at radius 1 is 0.975 bits per heavy atom. The van der Waals surface area contributed by atoms with Crippen LogP contribution in [0.5, 0.6) is 0 Å². The van der Waals surface area contributed by atoms with E-state index in [0.29, 0.717) is 57.4 Å². The van der Waals surface area contributed by atoms with Crippen molar-refractivity contribution in [2.24, 2.45) is 11.8 Å². The number of Topliss-reactive ketones (excluding diaryl/α,β-unsaturated/α-hetero) is 3. The molecular formula is C32H47N3O5. The molecule has 3 N–H and O–H groups in total. The highest BCUT2D eigenvalue weighted by Gasteiger charge is 2.31. The normalized spacial score (nSPS) is 22.8. The van der Waals surface area contributed by atoms with Gasteiger partial charge in [-0.3, -0.25) is 24.0 Å². The third-order valence-electron chi connectivity index (χ3n) is 8.27. The van der Waals surface area contributed by atoms with Crippen LogP contribution in [-0.4, -0.2) is 54.3 Å². The lowest BCUT2D eigenvalue weighted by atomic mass is 9.89. The average Bonchev–Trinajstić information content (AvgIpc) is 3.44. The van der Waals surface area contributed by atoms with Gasteiger partial charge in [-0.15, -0.1) is 0 Å². The summed E-state index contributed by atoms with van der Waals surface area (Å²) in [4.78, 5) is 64.3. The first-order valence-corrected chi connectivity index (χ1v) is 15.2. The fraction of sp³-hybridized carbons (Fsp3) is 0.656. The molecule has 8 heteroatoms. The second-order valence-electron chi connectivity index (χ2n) is 11.6. The van der Waals surface area contributed by atoms with E-state index in [0.717, 1.165) is 38.5 Å². The number of amides is 2. The van der Waals surface area contributed by atoms with Crippen LogP contribution in [-0.2, 0) is 30.4 Å². The summed E-state index contributed by atoms with van der Waals surface area (Å²) in [5, 5.41) is 8.90. The molecule has 3 atom stereocenters. The van der Waals surface area contributed by atoms with E-state index < -0.39 is 18.0 Å². The second kappa shape index (κ2) is 17.1. The van der Waals surface area contributed by atoms with Gasteiger partial charge in [-0.05, 0) is 50.0 Å². The molecular weight excluding hydrogens is 506 g/mol. The summed E-state index contributed by atoms with van der Waals surface area (Å²) in [6.07, 6.45) is 9.61. The molecule has 8 nitrogen and oxygen atoms in total. The van der Waals surface area contributed by atoms with E-state index in [1.54, 1.807) is 0 Å². The number of rotatable bonds is 10. The van der Waals surface area contributed by atoms with E-state index >= 15 is 0 Å². The van der Waals surface area contributed by atoms with Gasteiger partial charge in [0.25, 0.3) is 0 Å². The summed E-state index contributed by atoms with van der Waals surface area (Å²) in [6.45, 7) is 1.97. The molecule has 2 aliphatic rings.